The molecule has 0 aromatic heterocycles. The number of halogens is 1. The molecular weight excluding hydrogens is 459 g/mol. The molecule has 3 aromatic carbocycles. The van der Waals surface area contributed by atoms with Gasteiger partial charge >= 0.3 is 0 Å². The standard InChI is InChI=1S/C29H27FN2O4/c30-22-13-10-20(11-14-22)24-8-4-5-9-25(21-12-15-26-27(16-21)36-18-35-26)32-29(34)23(17-28(33)31-24)19-6-2-1-3-7-19/h1-7,10-16,23-25H,8-9,17-18H2,(H,31,33)(H,32,34)/b5-4-/t23-,24-,25-/m0/s1. The van der Waals surface area contributed by atoms with Crippen molar-refractivity contribution in [2.45, 2.75) is 37.3 Å². The molecule has 0 unspecified atom stereocenters. The van der Waals surface area contributed by atoms with Crippen LogP contribution in [-0.2, 0) is 9.59 Å². The Hall–Kier alpha value is -4.13. The Labute approximate surface area is 209 Å². The molecule has 2 heterocycles. The van der Waals surface area contributed by atoms with Crippen molar-refractivity contribution in [1.29, 1.82) is 0 Å². The lowest BCUT2D eigenvalue weighted by Crippen LogP contribution is -2.37. The van der Waals surface area contributed by atoms with Crippen LogP contribution in [0.2, 0.25) is 0 Å². The number of rotatable bonds is 3. The Morgan fingerprint density at radius 3 is 2.14 bits per heavy atom. The number of hydrogen-bond acceptors (Lipinski definition) is 4. The second-order valence-corrected chi connectivity index (χ2v) is 8.96. The van der Waals surface area contributed by atoms with Gasteiger partial charge < -0.3 is 20.1 Å². The maximum atomic E-state index is 13.6. The second kappa shape index (κ2) is 10.6. The fourth-order valence-corrected chi connectivity index (χ4v) is 4.60. The fourth-order valence-electron chi connectivity index (χ4n) is 4.60. The van der Waals surface area contributed by atoms with E-state index in [1.165, 1.54) is 12.1 Å². The number of amides is 2. The maximum Gasteiger partial charge on any atom is 0.231 e. The highest BCUT2D eigenvalue weighted by atomic mass is 19.1. The van der Waals surface area contributed by atoms with E-state index in [4.69, 9.17) is 9.47 Å². The van der Waals surface area contributed by atoms with E-state index in [9.17, 15) is 14.0 Å². The van der Waals surface area contributed by atoms with Gasteiger partial charge in [-0.25, -0.2) is 4.39 Å². The molecule has 6 nitrogen and oxygen atoms in total. The molecule has 0 spiro atoms. The van der Waals surface area contributed by atoms with Gasteiger partial charge in [-0.1, -0.05) is 60.7 Å². The lowest BCUT2D eigenvalue weighted by atomic mass is 9.92. The first-order valence-corrected chi connectivity index (χ1v) is 12.0. The van der Waals surface area contributed by atoms with Crippen molar-refractivity contribution >= 4 is 11.8 Å². The average Bonchev–Trinajstić information content (AvgIpc) is 3.36. The summed E-state index contributed by atoms with van der Waals surface area (Å²) < 4.78 is 24.5. The van der Waals surface area contributed by atoms with Gasteiger partial charge in [0.2, 0.25) is 18.6 Å². The summed E-state index contributed by atoms with van der Waals surface area (Å²) in [6, 6.07) is 20.4. The van der Waals surface area contributed by atoms with Gasteiger partial charge in [-0.05, 0) is 53.8 Å². The lowest BCUT2D eigenvalue weighted by molar-refractivity contribution is -0.128. The summed E-state index contributed by atoms with van der Waals surface area (Å²) in [5.74, 6) is -0.156. The third kappa shape index (κ3) is 5.40. The third-order valence-electron chi connectivity index (χ3n) is 6.54. The molecule has 7 heteroatoms. The Bertz CT molecular complexity index is 1260. The summed E-state index contributed by atoms with van der Waals surface area (Å²) in [6.45, 7) is 0.172. The third-order valence-corrected chi connectivity index (χ3v) is 6.54. The molecule has 2 aliphatic heterocycles. The van der Waals surface area contributed by atoms with Crippen LogP contribution in [0.3, 0.4) is 0 Å². The molecule has 0 fully saturated rings. The number of nitrogens with one attached hydrogen (secondary N) is 2. The minimum atomic E-state index is -0.667. The van der Waals surface area contributed by atoms with Crippen molar-refractivity contribution in [2.24, 2.45) is 0 Å². The zero-order valence-electron chi connectivity index (χ0n) is 19.7. The smallest absolute Gasteiger partial charge is 0.231 e. The summed E-state index contributed by atoms with van der Waals surface area (Å²) in [7, 11) is 0. The summed E-state index contributed by atoms with van der Waals surface area (Å²) >= 11 is 0. The highest BCUT2D eigenvalue weighted by Gasteiger charge is 2.28. The van der Waals surface area contributed by atoms with Crippen LogP contribution in [0.5, 0.6) is 11.5 Å². The predicted octanol–water partition coefficient (Wildman–Crippen LogP) is 5.09. The van der Waals surface area contributed by atoms with Crippen LogP contribution in [0.15, 0.2) is 84.9 Å². The topological polar surface area (TPSA) is 76.7 Å². The summed E-state index contributed by atoms with van der Waals surface area (Å²) in [4.78, 5) is 26.7. The van der Waals surface area contributed by atoms with Gasteiger partial charge in [-0.2, -0.15) is 0 Å². The van der Waals surface area contributed by atoms with E-state index in [0.717, 1.165) is 16.7 Å². The molecule has 3 aromatic rings. The van der Waals surface area contributed by atoms with E-state index in [-0.39, 0.29) is 42.9 Å². The van der Waals surface area contributed by atoms with Crippen LogP contribution in [0.1, 0.15) is 54.0 Å². The van der Waals surface area contributed by atoms with Crippen LogP contribution < -0.4 is 20.1 Å². The number of ether oxygens (including phenoxy) is 2. The van der Waals surface area contributed by atoms with Crippen molar-refractivity contribution in [3.63, 3.8) is 0 Å². The van der Waals surface area contributed by atoms with Crippen LogP contribution in [0.4, 0.5) is 4.39 Å². The van der Waals surface area contributed by atoms with Crippen LogP contribution in [0, 0.1) is 5.82 Å². The first kappa shape index (κ1) is 23.6. The molecule has 0 radical (unpaired) electrons. The van der Waals surface area contributed by atoms with E-state index >= 15 is 0 Å². The van der Waals surface area contributed by atoms with E-state index < -0.39 is 5.92 Å². The molecule has 3 atom stereocenters. The van der Waals surface area contributed by atoms with Crippen molar-refractivity contribution in [3.8, 4) is 11.5 Å². The molecule has 0 saturated heterocycles. The van der Waals surface area contributed by atoms with Crippen LogP contribution in [0.25, 0.3) is 0 Å². The number of fused-ring (bicyclic) bond motifs is 1. The van der Waals surface area contributed by atoms with Crippen LogP contribution >= 0.6 is 0 Å². The quantitative estimate of drug-likeness (QED) is 0.506. The molecule has 0 aliphatic carbocycles. The van der Waals surface area contributed by atoms with Gasteiger partial charge in [-0.15, -0.1) is 0 Å². The zero-order chi connectivity index (χ0) is 24.9. The number of carbonyl (C=O) groups is 2. The number of benzene rings is 3. The van der Waals surface area contributed by atoms with E-state index in [1.54, 1.807) is 12.1 Å². The highest BCUT2D eigenvalue weighted by Crippen LogP contribution is 2.35. The van der Waals surface area contributed by atoms with Gasteiger partial charge in [-0.3, -0.25) is 9.59 Å². The Morgan fingerprint density at radius 2 is 1.39 bits per heavy atom. The van der Waals surface area contributed by atoms with Gasteiger partial charge in [0, 0.05) is 6.42 Å². The van der Waals surface area contributed by atoms with E-state index in [2.05, 4.69) is 10.6 Å². The summed E-state index contributed by atoms with van der Waals surface area (Å²) in [6.07, 6.45) is 5.06. The minimum Gasteiger partial charge on any atom is -0.454 e. The largest absolute Gasteiger partial charge is 0.454 e. The van der Waals surface area contributed by atoms with Gasteiger partial charge in [0.05, 0.1) is 18.0 Å². The molecule has 5 rings (SSSR count). The van der Waals surface area contributed by atoms with Crippen molar-refractivity contribution in [3.05, 3.63) is 107 Å². The molecule has 0 saturated carbocycles. The summed E-state index contributed by atoms with van der Waals surface area (Å²) in [5, 5.41) is 6.19. The highest BCUT2D eigenvalue weighted by molar-refractivity contribution is 5.90. The van der Waals surface area contributed by atoms with Gasteiger partial charge in [0.25, 0.3) is 0 Å². The van der Waals surface area contributed by atoms with E-state index in [0.29, 0.717) is 24.3 Å². The Kier molecular flexibility index (Phi) is 6.98. The monoisotopic (exact) mass is 486 g/mol. The van der Waals surface area contributed by atoms with E-state index in [1.807, 2.05) is 60.7 Å². The van der Waals surface area contributed by atoms with Crippen molar-refractivity contribution in [2.75, 3.05) is 6.79 Å². The van der Waals surface area contributed by atoms with Gasteiger partial charge in [0.15, 0.2) is 11.5 Å². The van der Waals surface area contributed by atoms with Crippen molar-refractivity contribution < 1.29 is 23.5 Å². The summed E-state index contributed by atoms with van der Waals surface area (Å²) in [5.41, 5.74) is 2.46. The molecule has 2 aliphatic rings. The first-order chi connectivity index (χ1) is 17.6. The molecule has 2 amide bonds. The second-order valence-electron chi connectivity index (χ2n) is 8.96. The predicted molar refractivity (Wildman–Crippen MR) is 133 cm³/mol. The molecule has 184 valence electrons. The SMILES string of the molecule is O=C1C[C@@H](c2ccccc2)C(=O)N[C@H](c2ccc3c(c2)OCO3)C/C=C\C[C@@H](c2ccc(F)cc2)N1. The zero-order valence-corrected chi connectivity index (χ0v) is 19.7. The molecule has 0 bridgehead atoms. The maximum absolute atomic E-state index is 13.6. The normalized spacial score (nSPS) is 23.1. The van der Waals surface area contributed by atoms with Crippen molar-refractivity contribution in [1.82, 2.24) is 10.6 Å². The molecule has 2 N–H and O–H groups in total. The lowest BCUT2D eigenvalue weighted by Gasteiger charge is -2.25. The average molecular weight is 487 g/mol. The minimum absolute atomic E-state index is 0.00881. The Balaban J connectivity index is 1.48. The first-order valence-electron chi connectivity index (χ1n) is 12.0. The fraction of sp³-hybridized carbons (Fsp3) is 0.241. The number of hydrogen-bond donors (Lipinski definition) is 2. The number of carbonyl (C=O) groups excluding carboxylic acids is 2. The van der Waals surface area contributed by atoms with Crippen LogP contribution in [-0.4, -0.2) is 18.6 Å². The van der Waals surface area contributed by atoms with Gasteiger partial charge in [0.1, 0.15) is 5.82 Å². The molecule has 36 heavy (non-hydrogen) atoms. The molecular formula is C29H27FN2O4. The Morgan fingerprint density at radius 1 is 0.722 bits per heavy atom.